The lowest BCUT2D eigenvalue weighted by molar-refractivity contribution is -0.161. The number of carbonyl (C=O) groups is 2. The van der Waals surface area contributed by atoms with Crippen LogP contribution in [-0.2, 0) is 41.8 Å². The fourth-order valence-corrected chi connectivity index (χ4v) is 6.56. The van der Waals surface area contributed by atoms with Gasteiger partial charge in [0, 0.05) is 12.8 Å². The fraction of sp³-hybridized carbons (Fsp3) is 0.762. The van der Waals surface area contributed by atoms with Crippen molar-refractivity contribution >= 4 is 27.6 Å². The Morgan fingerprint density at radius 3 is 1.49 bits per heavy atom. The van der Waals surface area contributed by atoms with E-state index in [1.54, 1.807) is 0 Å². The van der Waals surface area contributed by atoms with Gasteiger partial charge in [-0.3, -0.25) is 23.2 Å². The second-order valence-electron chi connectivity index (χ2n) is 14.3. The van der Waals surface area contributed by atoms with E-state index in [1.165, 1.54) is 64.2 Å². The van der Waals surface area contributed by atoms with Crippen LogP contribution in [0.1, 0.15) is 168 Å². The van der Waals surface area contributed by atoms with E-state index in [0.29, 0.717) is 12.8 Å². The molecule has 0 aliphatic rings. The lowest BCUT2D eigenvalue weighted by Gasteiger charge is -2.20. The number of carbonyl (C=O) groups excluding carboxylic acids is 2. The van der Waals surface area contributed by atoms with Crippen LogP contribution in [0.5, 0.6) is 0 Å². The average molecular weight is 851 g/mol. The van der Waals surface area contributed by atoms with Gasteiger partial charge in [-0.25, -0.2) is 9.13 Å². The first-order chi connectivity index (χ1) is 27.4. The zero-order valence-electron chi connectivity index (χ0n) is 34.9. The number of aliphatic hydroxyl groups is 1. The molecule has 0 amide bonds. The predicted octanol–water partition coefficient (Wildman–Crippen LogP) is 10.7. The SMILES string of the molecule is CCCCC/C=C\C/C=C\C/C=C\CCCCC(=O)O[C@H](COC(=O)CCCCCCCCC/C=C\CCCCCC)COP(=O)(O)OC[C@@H](O)COP(=O)(O)O. The minimum absolute atomic E-state index is 0.0810. The molecule has 0 aromatic heterocycles. The van der Waals surface area contributed by atoms with Crippen molar-refractivity contribution in [1.82, 2.24) is 0 Å². The van der Waals surface area contributed by atoms with Gasteiger partial charge in [-0.15, -0.1) is 0 Å². The first-order valence-corrected chi connectivity index (χ1v) is 24.4. The van der Waals surface area contributed by atoms with Gasteiger partial charge in [-0.1, -0.05) is 127 Å². The van der Waals surface area contributed by atoms with Gasteiger partial charge in [0.25, 0.3) is 0 Å². The lowest BCUT2D eigenvalue weighted by Crippen LogP contribution is -2.30. The first kappa shape index (κ1) is 55.1. The summed E-state index contributed by atoms with van der Waals surface area (Å²) in [5.74, 6) is -1.08. The molecule has 0 saturated heterocycles. The van der Waals surface area contributed by atoms with Crippen molar-refractivity contribution in [2.24, 2.45) is 0 Å². The number of aliphatic hydroxyl groups excluding tert-OH is 1. The number of ether oxygens (including phenoxy) is 2. The van der Waals surface area contributed by atoms with E-state index in [1.807, 2.05) is 0 Å². The Morgan fingerprint density at radius 2 is 0.912 bits per heavy atom. The van der Waals surface area contributed by atoms with E-state index < -0.39 is 66.2 Å². The quantitative estimate of drug-likeness (QED) is 0.0197. The summed E-state index contributed by atoms with van der Waals surface area (Å²) in [5, 5.41) is 9.73. The Morgan fingerprint density at radius 1 is 0.509 bits per heavy atom. The van der Waals surface area contributed by atoms with Gasteiger partial charge in [0.1, 0.15) is 12.7 Å². The molecule has 0 aliphatic heterocycles. The van der Waals surface area contributed by atoms with E-state index in [2.05, 4.69) is 71.5 Å². The Kier molecular flexibility index (Phi) is 37.0. The number of unbranched alkanes of at least 4 members (excludes halogenated alkanes) is 16. The molecule has 0 spiro atoms. The minimum Gasteiger partial charge on any atom is -0.462 e. The number of hydrogen-bond donors (Lipinski definition) is 4. The molecule has 0 aromatic carbocycles. The molecule has 15 heteroatoms. The normalized spacial score (nSPS) is 14.6. The Labute approximate surface area is 343 Å². The van der Waals surface area contributed by atoms with Crippen LogP contribution in [0.4, 0.5) is 0 Å². The van der Waals surface area contributed by atoms with Crippen LogP contribution in [0.25, 0.3) is 0 Å². The van der Waals surface area contributed by atoms with Crippen LogP contribution in [0.3, 0.4) is 0 Å². The highest BCUT2D eigenvalue weighted by molar-refractivity contribution is 7.47. The Bertz CT molecular complexity index is 1200. The molecule has 57 heavy (non-hydrogen) atoms. The molecule has 0 aromatic rings. The van der Waals surface area contributed by atoms with E-state index in [9.17, 15) is 28.7 Å². The Hall–Kier alpha value is -1.92. The zero-order chi connectivity index (χ0) is 42.3. The monoisotopic (exact) mass is 850 g/mol. The molecule has 0 bridgehead atoms. The molecule has 0 saturated carbocycles. The number of hydrogen-bond acceptors (Lipinski definition) is 10. The van der Waals surface area contributed by atoms with Crippen molar-refractivity contribution in [3.05, 3.63) is 48.6 Å². The fourth-order valence-electron chi connectivity index (χ4n) is 5.41. The smallest absolute Gasteiger partial charge is 0.462 e. The van der Waals surface area contributed by atoms with Crippen molar-refractivity contribution in [3.63, 3.8) is 0 Å². The van der Waals surface area contributed by atoms with Crippen LogP contribution < -0.4 is 0 Å². The van der Waals surface area contributed by atoms with E-state index in [4.69, 9.17) is 23.8 Å². The molecule has 1 unspecified atom stereocenters. The molecular formula is C42H76O13P2. The topological polar surface area (TPSA) is 195 Å². The number of allylic oxidation sites excluding steroid dienone is 8. The van der Waals surface area contributed by atoms with Gasteiger partial charge in [0.05, 0.1) is 19.8 Å². The van der Waals surface area contributed by atoms with Crippen molar-refractivity contribution in [3.8, 4) is 0 Å². The highest BCUT2D eigenvalue weighted by Gasteiger charge is 2.28. The van der Waals surface area contributed by atoms with Gasteiger partial charge >= 0.3 is 27.6 Å². The average Bonchev–Trinajstić information content (AvgIpc) is 3.17. The van der Waals surface area contributed by atoms with Gasteiger partial charge in [-0.2, -0.15) is 0 Å². The van der Waals surface area contributed by atoms with Gasteiger partial charge < -0.3 is 29.3 Å². The molecule has 4 N–H and O–H groups in total. The third kappa shape index (κ3) is 42.0. The molecule has 0 fully saturated rings. The Balaban J connectivity index is 4.60. The molecule has 0 heterocycles. The number of rotatable bonds is 40. The predicted molar refractivity (Wildman–Crippen MR) is 225 cm³/mol. The lowest BCUT2D eigenvalue weighted by atomic mass is 10.1. The molecular weight excluding hydrogens is 774 g/mol. The zero-order valence-corrected chi connectivity index (χ0v) is 36.7. The number of esters is 2. The summed E-state index contributed by atoms with van der Waals surface area (Å²) in [5.41, 5.74) is 0. The largest absolute Gasteiger partial charge is 0.472 e. The summed E-state index contributed by atoms with van der Waals surface area (Å²) >= 11 is 0. The molecule has 0 aliphatic carbocycles. The summed E-state index contributed by atoms with van der Waals surface area (Å²) in [6.07, 6.45) is 38.2. The summed E-state index contributed by atoms with van der Waals surface area (Å²) in [6, 6.07) is 0. The summed E-state index contributed by atoms with van der Waals surface area (Å²) in [6.45, 7) is 1.67. The minimum atomic E-state index is -4.87. The third-order valence-electron chi connectivity index (χ3n) is 8.68. The molecule has 13 nitrogen and oxygen atoms in total. The van der Waals surface area contributed by atoms with Gasteiger partial charge in [-0.05, 0) is 77.0 Å². The summed E-state index contributed by atoms with van der Waals surface area (Å²) in [7, 11) is -9.68. The molecule has 332 valence electrons. The number of phosphoric ester groups is 2. The van der Waals surface area contributed by atoms with Crippen LogP contribution >= 0.6 is 15.6 Å². The van der Waals surface area contributed by atoms with Crippen LogP contribution in [-0.4, -0.2) is 70.4 Å². The maximum atomic E-state index is 12.6. The first-order valence-electron chi connectivity index (χ1n) is 21.3. The standard InChI is InChI=1S/C42H76O13P2/c1-3-5-7-9-11-13-15-17-19-21-23-25-27-29-31-33-41(44)51-37-40(38-54-57(49,50)53-36-39(43)35-52-56(46,47)48)55-42(45)34-32-30-28-26-24-22-20-18-16-14-12-10-8-6-4-2/h12-15,18,20,24,26,39-40,43H,3-11,16-17,19,21-23,25,27-38H2,1-2H3,(H,49,50)(H2,46,47,48)/b14-12-,15-13-,20-18-,26-24-/t39-,40+/m0/s1. The van der Waals surface area contributed by atoms with Crippen LogP contribution in [0.2, 0.25) is 0 Å². The van der Waals surface area contributed by atoms with E-state index >= 15 is 0 Å². The molecule has 0 rings (SSSR count). The second kappa shape index (κ2) is 38.3. The van der Waals surface area contributed by atoms with Gasteiger partial charge in [0.15, 0.2) is 6.10 Å². The van der Waals surface area contributed by atoms with Crippen molar-refractivity contribution < 1.29 is 61.6 Å². The van der Waals surface area contributed by atoms with Crippen LogP contribution in [0.15, 0.2) is 48.6 Å². The molecule has 3 atom stereocenters. The second-order valence-corrected chi connectivity index (χ2v) is 16.9. The highest BCUT2D eigenvalue weighted by Crippen LogP contribution is 2.43. The number of phosphoric acid groups is 2. The molecule has 0 radical (unpaired) electrons. The third-order valence-corrected chi connectivity index (χ3v) is 10.1. The highest BCUT2D eigenvalue weighted by atomic mass is 31.2. The van der Waals surface area contributed by atoms with Crippen molar-refractivity contribution in [2.75, 3.05) is 26.4 Å². The van der Waals surface area contributed by atoms with Crippen molar-refractivity contribution in [2.45, 2.75) is 180 Å². The maximum Gasteiger partial charge on any atom is 0.472 e. The maximum absolute atomic E-state index is 12.6. The van der Waals surface area contributed by atoms with E-state index in [0.717, 1.165) is 64.2 Å². The van der Waals surface area contributed by atoms with E-state index in [-0.39, 0.29) is 12.8 Å². The van der Waals surface area contributed by atoms with Gasteiger partial charge in [0.2, 0.25) is 0 Å². The summed E-state index contributed by atoms with van der Waals surface area (Å²) in [4.78, 5) is 52.6. The van der Waals surface area contributed by atoms with Crippen LogP contribution in [0, 0.1) is 0 Å². The summed E-state index contributed by atoms with van der Waals surface area (Å²) < 4.78 is 47.7. The van der Waals surface area contributed by atoms with Crippen molar-refractivity contribution in [1.29, 1.82) is 0 Å².